The van der Waals surface area contributed by atoms with Crippen molar-refractivity contribution in [3.05, 3.63) is 33.6 Å². The van der Waals surface area contributed by atoms with Crippen LogP contribution in [-0.2, 0) is 10.4 Å². The van der Waals surface area contributed by atoms with Gasteiger partial charge >= 0.3 is 0 Å². The standard InChI is InChI=1S/C10H7BrCl2FNO/c1-10(4-8(11)15-16-10)5-2-6(12)9(14)7(13)3-5/h2-3H,4H2,1H3. The van der Waals surface area contributed by atoms with E-state index in [-0.39, 0.29) is 10.0 Å². The Morgan fingerprint density at radius 1 is 1.44 bits per heavy atom. The zero-order chi connectivity index (χ0) is 11.9. The lowest BCUT2D eigenvalue weighted by Gasteiger charge is -2.22. The quantitative estimate of drug-likeness (QED) is 0.697. The van der Waals surface area contributed by atoms with Crippen LogP contribution in [0.4, 0.5) is 4.39 Å². The largest absolute Gasteiger partial charge is 0.383 e. The minimum absolute atomic E-state index is 0.0182. The highest BCUT2D eigenvalue weighted by atomic mass is 79.9. The van der Waals surface area contributed by atoms with Gasteiger partial charge in [-0.2, -0.15) is 0 Å². The van der Waals surface area contributed by atoms with Crippen molar-refractivity contribution in [1.29, 1.82) is 0 Å². The first-order valence-electron chi connectivity index (χ1n) is 4.48. The Morgan fingerprint density at radius 2 is 2.00 bits per heavy atom. The van der Waals surface area contributed by atoms with Crippen molar-refractivity contribution in [1.82, 2.24) is 0 Å². The molecule has 0 saturated carbocycles. The molecule has 0 radical (unpaired) electrons. The van der Waals surface area contributed by atoms with Gasteiger partial charge < -0.3 is 4.84 Å². The Hall–Kier alpha value is -0.320. The summed E-state index contributed by atoms with van der Waals surface area (Å²) in [5.74, 6) is -0.617. The first-order chi connectivity index (χ1) is 7.42. The van der Waals surface area contributed by atoms with Crippen molar-refractivity contribution in [2.24, 2.45) is 5.16 Å². The maximum atomic E-state index is 13.3. The molecule has 2 nitrogen and oxygen atoms in total. The maximum Gasteiger partial charge on any atom is 0.166 e. The van der Waals surface area contributed by atoms with Gasteiger partial charge in [0.05, 0.1) is 10.0 Å². The van der Waals surface area contributed by atoms with Crippen LogP contribution in [0, 0.1) is 5.82 Å². The lowest BCUT2D eigenvalue weighted by molar-refractivity contribution is -0.00741. The Balaban J connectivity index is 2.42. The van der Waals surface area contributed by atoms with E-state index in [1.54, 1.807) is 0 Å². The molecule has 1 unspecified atom stereocenters. The fraction of sp³-hybridized carbons (Fsp3) is 0.300. The molecule has 0 spiro atoms. The second-order valence-electron chi connectivity index (χ2n) is 3.72. The summed E-state index contributed by atoms with van der Waals surface area (Å²) in [5, 5.41) is 3.76. The molecule has 1 aromatic rings. The fourth-order valence-corrected chi connectivity index (χ4v) is 2.60. The molecular formula is C10H7BrCl2FNO. The predicted octanol–water partition coefficient (Wildman–Crippen LogP) is 4.48. The predicted molar refractivity (Wildman–Crippen MR) is 65.8 cm³/mol. The highest BCUT2D eigenvalue weighted by Gasteiger charge is 2.36. The smallest absolute Gasteiger partial charge is 0.166 e. The van der Waals surface area contributed by atoms with Crippen LogP contribution in [-0.4, -0.2) is 4.62 Å². The molecule has 0 saturated heterocycles. The number of rotatable bonds is 1. The molecule has 16 heavy (non-hydrogen) atoms. The molecule has 0 amide bonds. The molecule has 1 aliphatic heterocycles. The Bertz CT molecular complexity index is 457. The summed E-state index contributed by atoms with van der Waals surface area (Å²) in [4.78, 5) is 5.29. The Kier molecular flexibility index (Phi) is 3.16. The van der Waals surface area contributed by atoms with E-state index in [0.29, 0.717) is 16.6 Å². The monoisotopic (exact) mass is 325 g/mol. The second kappa shape index (κ2) is 4.17. The molecule has 86 valence electrons. The first-order valence-corrected chi connectivity index (χ1v) is 6.03. The highest BCUT2D eigenvalue weighted by molar-refractivity contribution is 9.18. The van der Waals surface area contributed by atoms with Crippen molar-refractivity contribution in [2.75, 3.05) is 0 Å². The summed E-state index contributed by atoms with van der Waals surface area (Å²) < 4.78 is 14.0. The second-order valence-corrected chi connectivity index (χ2v) is 5.45. The third-order valence-corrected chi connectivity index (χ3v) is 3.40. The summed E-state index contributed by atoms with van der Waals surface area (Å²) in [6.07, 6.45) is 0.561. The van der Waals surface area contributed by atoms with Crippen LogP contribution in [0.1, 0.15) is 18.9 Å². The molecule has 1 aliphatic rings. The van der Waals surface area contributed by atoms with Crippen LogP contribution in [0.25, 0.3) is 0 Å². The van der Waals surface area contributed by atoms with Crippen molar-refractivity contribution in [3.63, 3.8) is 0 Å². The van der Waals surface area contributed by atoms with Gasteiger partial charge in [0, 0.05) is 12.0 Å². The first kappa shape index (κ1) is 12.1. The van der Waals surface area contributed by atoms with Gasteiger partial charge in [-0.05, 0) is 35.0 Å². The zero-order valence-corrected chi connectivity index (χ0v) is 11.3. The van der Waals surface area contributed by atoms with Crippen molar-refractivity contribution in [2.45, 2.75) is 18.9 Å². The van der Waals surface area contributed by atoms with E-state index in [1.165, 1.54) is 12.1 Å². The summed E-state index contributed by atoms with van der Waals surface area (Å²) in [6.45, 7) is 1.84. The van der Waals surface area contributed by atoms with Gasteiger partial charge in [0.15, 0.2) is 11.4 Å². The highest BCUT2D eigenvalue weighted by Crippen LogP contribution is 2.38. The average Bonchev–Trinajstić information content (AvgIpc) is 2.56. The van der Waals surface area contributed by atoms with Crippen LogP contribution < -0.4 is 0 Å². The third kappa shape index (κ3) is 2.06. The van der Waals surface area contributed by atoms with E-state index < -0.39 is 11.4 Å². The summed E-state index contributed by atoms with van der Waals surface area (Å²) in [7, 11) is 0. The SMILES string of the molecule is CC1(c2cc(Cl)c(F)c(Cl)c2)CC(Br)=NO1. The Labute approximate surface area is 110 Å². The van der Waals surface area contributed by atoms with Gasteiger partial charge in [-0.15, -0.1) is 0 Å². The molecule has 1 atom stereocenters. The van der Waals surface area contributed by atoms with E-state index in [2.05, 4.69) is 21.1 Å². The lowest BCUT2D eigenvalue weighted by Crippen LogP contribution is -2.21. The normalized spacial score (nSPS) is 24.2. The van der Waals surface area contributed by atoms with E-state index >= 15 is 0 Å². The van der Waals surface area contributed by atoms with Crippen LogP contribution in [0.3, 0.4) is 0 Å². The van der Waals surface area contributed by atoms with Crippen LogP contribution >= 0.6 is 39.1 Å². The molecule has 1 heterocycles. The van der Waals surface area contributed by atoms with Crippen LogP contribution in [0.2, 0.25) is 10.0 Å². The molecule has 0 aromatic heterocycles. The Morgan fingerprint density at radius 3 is 2.44 bits per heavy atom. The molecule has 6 heteroatoms. The van der Waals surface area contributed by atoms with Gasteiger partial charge in [-0.1, -0.05) is 28.4 Å². The van der Waals surface area contributed by atoms with E-state index in [4.69, 9.17) is 28.0 Å². The fourth-order valence-electron chi connectivity index (χ4n) is 1.51. The summed E-state index contributed by atoms with van der Waals surface area (Å²) >= 11 is 14.7. The molecule has 0 fully saturated rings. The average molecular weight is 327 g/mol. The number of hydrogen-bond donors (Lipinski definition) is 0. The maximum absolute atomic E-state index is 13.3. The summed E-state index contributed by atoms with van der Waals surface area (Å²) in [5.41, 5.74) is 0.0434. The van der Waals surface area contributed by atoms with Gasteiger partial charge in [0.25, 0.3) is 0 Å². The molecule has 0 N–H and O–H groups in total. The molecule has 1 aromatic carbocycles. The van der Waals surface area contributed by atoms with Gasteiger partial charge in [-0.3, -0.25) is 0 Å². The molecule has 0 bridgehead atoms. The third-order valence-electron chi connectivity index (χ3n) is 2.42. The van der Waals surface area contributed by atoms with Crippen molar-refractivity contribution < 1.29 is 9.23 Å². The number of benzene rings is 1. The molecule has 2 rings (SSSR count). The summed E-state index contributed by atoms with van der Waals surface area (Å²) in [6, 6.07) is 3.01. The topological polar surface area (TPSA) is 21.6 Å². The van der Waals surface area contributed by atoms with Crippen molar-refractivity contribution in [3.8, 4) is 0 Å². The van der Waals surface area contributed by atoms with Crippen molar-refractivity contribution >= 4 is 43.8 Å². The minimum atomic E-state index is -0.653. The molecular weight excluding hydrogens is 320 g/mol. The van der Waals surface area contributed by atoms with E-state index in [9.17, 15) is 4.39 Å². The number of hydrogen-bond acceptors (Lipinski definition) is 2. The van der Waals surface area contributed by atoms with Gasteiger partial charge in [-0.25, -0.2) is 4.39 Å². The van der Waals surface area contributed by atoms with Crippen LogP contribution in [0.15, 0.2) is 17.3 Å². The lowest BCUT2D eigenvalue weighted by atomic mass is 9.93. The number of halogens is 4. The van der Waals surface area contributed by atoms with Gasteiger partial charge in [0.2, 0.25) is 0 Å². The molecule has 0 aliphatic carbocycles. The minimum Gasteiger partial charge on any atom is -0.383 e. The number of nitrogens with zero attached hydrogens (tertiary/aromatic N) is 1. The number of oxime groups is 1. The van der Waals surface area contributed by atoms with E-state index in [1.807, 2.05) is 6.92 Å². The van der Waals surface area contributed by atoms with E-state index in [0.717, 1.165) is 0 Å². The zero-order valence-electron chi connectivity index (χ0n) is 8.23. The van der Waals surface area contributed by atoms with Crippen LogP contribution in [0.5, 0.6) is 0 Å². The van der Waals surface area contributed by atoms with Gasteiger partial charge in [0.1, 0.15) is 4.62 Å².